The monoisotopic (exact) mass is 287 g/mol. The van der Waals surface area contributed by atoms with Gasteiger partial charge in [0.2, 0.25) is 5.91 Å². The van der Waals surface area contributed by atoms with Gasteiger partial charge in [-0.1, -0.05) is 0 Å². The van der Waals surface area contributed by atoms with Crippen molar-refractivity contribution in [1.29, 1.82) is 0 Å². The molecule has 4 rings (SSSR count). The average molecular weight is 287 g/mol. The van der Waals surface area contributed by atoms with Crippen LogP contribution in [-0.2, 0) is 16.1 Å². The number of hydrogen-bond donors (Lipinski definition) is 2. The minimum Gasteiger partial charge on any atom is -0.325 e. The number of nitrogens with zero attached hydrogens (tertiary/aromatic N) is 1. The smallest absolute Gasteiger partial charge is 0.230 e. The van der Waals surface area contributed by atoms with Gasteiger partial charge in [0, 0.05) is 17.4 Å². The number of nitrogens with one attached hydrogen (secondary N) is 1. The van der Waals surface area contributed by atoms with Gasteiger partial charge < -0.3 is 15.8 Å². The molecule has 1 aromatic heterocycles. The summed E-state index contributed by atoms with van der Waals surface area (Å²) in [5.41, 5.74) is 6.59. The summed E-state index contributed by atoms with van der Waals surface area (Å²) in [6.45, 7) is 0.395. The standard InChI is InChI=1S/C16H21N3O2/c17-9-12-1-2-13(10-18-12)19-14(21)16-6-3-15(11-20,4-7-16)5-8-16/h1-2,10-11H,3-9,17H2,(H,19,21). The Labute approximate surface area is 124 Å². The van der Waals surface area contributed by atoms with E-state index in [1.807, 2.05) is 12.1 Å². The lowest BCUT2D eigenvalue weighted by Crippen LogP contribution is -2.48. The van der Waals surface area contributed by atoms with Crippen molar-refractivity contribution in [1.82, 2.24) is 4.98 Å². The first-order valence-electron chi connectivity index (χ1n) is 7.54. The van der Waals surface area contributed by atoms with Crippen LogP contribution in [0.1, 0.15) is 44.2 Å². The molecule has 0 spiro atoms. The van der Waals surface area contributed by atoms with E-state index >= 15 is 0 Å². The molecule has 0 unspecified atom stereocenters. The molecule has 1 heterocycles. The van der Waals surface area contributed by atoms with Crippen LogP contribution in [0.3, 0.4) is 0 Å². The summed E-state index contributed by atoms with van der Waals surface area (Å²) in [5, 5.41) is 2.98. The Balaban J connectivity index is 1.69. The quantitative estimate of drug-likeness (QED) is 0.830. The lowest BCUT2D eigenvalue weighted by molar-refractivity contribution is -0.139. The Bertz CT molecular complexity index is 529. The van der Waals surface area contributed by atoms with E-state index in [1.54, 1.807) is 6.20 Å². The topological polar surface area (TPSA) is 85.1 Å². The van der Waals surface area contributed by atoms with Gasteiger partial charge in [-0.15, -0.1) is 0 Å². The molecule has 3 saturated carbocycles. The number of aromatic nitrogens is 1. The first-order chi connectivity index (χ1) is 10.1. The van der Waals surface area contributed by atoms with E-state index in [0.29, 0.717) is 12.2 Å². The molecule has 3 aliphatic carbocycles. The number of carbonyl (C=O) groups is 2. The maximum absolute atomic E-state index is 12.6. The van der Waals surface area contributed by atoms with Crippen molar-refractivity contribution in [2.75, 3.05) is 5.32 Å². The highest BCUT2D eigenvalue weighted by Crippen LogP contribution is 2.56. The zero-order chi connectivity index (χ0) is 14.9. The Morgan fingerprint density at radius 2 is 1.90 bits per heavy atom. The van der Waals surface area contributed by atoms with Crippen LogP contribution in [0.4, 0.5) is 5.69 Å². The minimum absolute atomic E-state index is 0.0731. The van der Waals surface area contributed by atoms with Crippen molar-refractivity contribution in [3.8, 4) is 0 Å². The Morgan fingerprint density at radius 3 is 2.38 bits per heavy atom. The molecule has 0 saturated heterocycles. The van der Waals surface area contributed by atoms with Gasteiger partial charge >= 0.3 is 0 Å². The number of rotatable bonds is 4. The second-order valence-corrected chi connectivity index (χ2v) is 6.46. The van der Waals surface area contributed by atoms with Crippen LogP contribution < -0.4 is 11.1 Å². The Morgan fingerprint density at radius 1 is 1.24 bits per heavy atom. The summed E-state index contributed by atoms with van der Waals surface area (Å²) >= 11 is 0. The molecule has 3 N–H and O–H groups in total. The van der Waals surface area contributed by atoms with Gasteiger partial charge in [-0.2, -0.15) is 0 Å². The van der Waals surface area contributed by atoms with E-state index in [-0.39, 0.29) is 16.7 Å². The zero-order valence-electron chi connectivity index (χ0n) is 12.1. The van der Waals surface area contributed by atoms with Crippen molar-refractivity contribution >= 4 is 17.9 Å². The third-order valence-corrected chi connectivity index (χ3v) is 5.33. The number of hydrogen-bond acceptors (Lipinski definition) is 4. The first-order valence-corrected chi connectivity index (χ1v) is 7.54. The van der Waals surface area contributed by atoms with Gasteiger partial charge in [0.1, 0.15) is 6.29 Å². The highest BCUT2D eigenvalue weighted by Gasteiger charge is 2.52. The number of nitrogens with two attached hydrogens (primary N) is 1. The summed E-state index contributed by atoms with van der Waals surface area (Å²) in [6.07, 6.45) is 7.72. The Kier molecular flexibility index (Phi) is 3.53. The normalized spacial score (nSPS) is 30.9. The number of pyridine rings is 1. The van der Waals surface area contributed by atoms with E-state index in [2.05, 4.69) is 10.3 Å². The van der Waals surface area contributed by atoms with Crippen molar-refractivity contribution < 1.29 is 9.59 Å². The first kappa shape index (κ1) is 14.2. The number of fused-ring (bicyclic) bond motifs is 3. The molecule has 1 aromatic rings. The lowest BCUT2D eigenvalue weighted by Gasteiger charge is -2.49. The van der Waals surface area contributed by atoms with Crippen LogP contribution in [0, 0.1) is 10.8 Å². The van der Waals surface area contributed by atoms with E-state index in [4.69, 9.17) is 5.73 Å². The van der Waals surface area contributed by atoms with Crippen LogP contribution in [0.25, 0.3) is 0 Å². The fraction of sp³-hybridized carbons (Fsp3) is 0.562. The average Bonchev–Trinajstić information content (AvgIpc) is 2.57. The largest absolute Gasteiger partial charge is 0.325 e. The molecule has 0 aliphatic heterocycles. The number of anilines is 1. The van der Waals surface area contributed by atoms with Crippen LogP contribution in [0.15, 0.2) is 18.3 Å². The maximum Gasteiger partial charge on any atom is 0.230 e. The molecule has 3 fully saturated rings. The molecular formula is C16H21N3O2. The predicted octanol–water partition coefficient (Wildman–Crippen LogP) is 2.02. The lowest BCUT2D eigenvalue weighted by atomic mass is 9.54. The Hall–Kier alpha value is -1.75. The molecular weight excluding hydrogens is 266 g/mol. The number of amides is 1. The molecule has 112 valence electrons. The van der Waals surface area contributed by atoms with Crippen LogP contribution in [0.5, 0.6) is 0 Å². The van der Waals surface area contributed by atoms with Crippen molar-refractivity contribution in [3.63, 3.8) is 0 Å². The van der Waals surface area contributed by atoms with Gasteiger partial charge in [0.05, 0.1) is 17.6 Å². The van der Waals surface area contributed by atoms with Crippen LogP contribution in [0.2, 0.25) is 0 Å². The molecule has 1 amide bonds. The third kappa shape index (κ3) is 2.46. The van der Waals surface area contributed by atoms with Gasteiger partial charge in [-0.05, 0) is 50.7 Å². The molecule has 2 bridgehead atoms. The minimum atomic E-state index is -0.294. The molecule has 0 aromatic carbocycles. The fourth-order valence-corrected chi connectivity index (χ4v) is 3.61. The second-order valence-electron chi connectivity index (χ2n) is 6.46. The molecule has 5 nitrogen and oxygen atoms in total. The number of carbonyl (C=O) groups excluding carboxylic acids is 2. The summed E-state index contributed by atoms with van der Waals surface area (Å²) < 4.78 is 0. The molecule has 5 heteroatoms. The van der Waals surface area contributed by atoms with Crippen LogP contribution >= 0.6 is 0 Å². The predicted molar refractivity (Wildman–Crippen MR) is 79.4 cm³/mol. The van der Waals surface area contributed by atoms with Gasteiger partial charge in [-0.25, -0.2) is 0 Å². The van der Waals surface area contributed by atoms with Crippen LogP contribution in [-0.4, -0.2) is 17.2 Å². The molecule has 21 heavy (non-hydrogen) atoms. The molecule has 0 atom stereocenters. The van der Waals surface area contributed by atoms with E-state index in [0.717, 1.165) is 50.5 Å². The highest BCUT2D eigenvalue weighted by atomic mass is 16.2. The van der Waals surface area contributed by atoms with Crippen molar-refractivity contribution in [2.24, 2.45) is 16.6 Å². The highest BCUT2D eigenvalue weighted by molar-refractivity contribution is 5.95. The van der Waals surface area contributed by atoms with Gasteiger partial charge in [0.15, 0.2) is 0 Å². The van der Waals surface area contributed by atoms with E-state index in [1.165, 1.54) is 0 Å². The zero-order valence-corrected chi connectivity index (χ0v) is 12.1. The number of aldehydes is 1. The molecule has 3 aliphatic rings. The molecule has 0 radical (unpaired) electrons. The van der Waals surface area contributed by atoms with Crippen molar-refractivity contribution in [3.05, 3.63) is 24.0 Å². The second kappa shape index (κ2) is 5.22. The fourth-order valence-electron chi connectivity index (χ4n) is 3.61. The third-order valence-electron chi connectivity index (χ3n) is 5.33. The summed E-state index contributed by atoms with van der Waals surface area (Å²) in [4.78, 5) is 28.1. The SMILES string of the molecule is NCc1ccc(NC(=O)C23CCC(C=O)(CC2)CC3)cn1. The summed E-state index contributed by atoms with van der Waals surface area (Å²) in [7, 11) is 0. The van der Waals surface area contributed by atoms with Crippen molar-refractivity contribution in [2.45, 2.75) is 45.1 Å². The van der Waals surface area contributed by atoms with Gasteiger partial charge in [-0.3, -0.25) is 9.78 Å². The van der Waals surface area contributed by atoms with E-state index < -0.39 is 0 Å². The van der Waals surface area contributed by atoms with E-state index in [9.17, 15) is 9.59 Å². The summed E-state index contributed by atoms with van der Waals surface area (Å²) in [6, 6.07) is 3.66. The maximum atomic E-state index is 12.6. The van der Waals surface area contributed by atoms with Gasteiger partial charge in [0.25, 0.3) is 0 Å². The summed E-state index contributed by atoms with van der Waals surface area (Å²) in [5.74, 6) is 0.0731.